The Morgan fingerprint density at radius 1 is 1.30 bits per heavy atom. The lowest BCUT2D eigenvalue weighted by molar-refractivity contribution is 0.0524. The van der Waals surface area contributed by atoms with E-state index in [9.17, 15) is 9.90 Å². The standard InChI is InChI=1S/C22H20N4O4/c1-4-29-22(28)18-19(27)17(10-14-11-24-20-15(14)6-5-9-23-20)30-21(18)26-16-8-7-12(2)25-13(16)3/h5-11,26-27H,4H2,1-3H3. The van der Waals surface area contributed by atoms with Gasteiger partial charge in [0.2, 0.25) is 5.88 Å². The Bertz CT molecular complexity index is 1190. The fraction of sp³-hybridized carbons (Fsp3) is 0.182. The normalized spacial score (nSPS) is 13.5. The SMILES string of the molecule is CCOC(=O)c1c(Nc2ccc(C)nc2C)oc(C=C2C=Nc3ncccc32)c1O. The second-order valence-electron chi connectivity index (χ2n) is 6.68. The molecular formula is C22H20N4O4. The zero-order valence-corrected chi connectivity index (χ0v) is 16.8. The van der Waals surface area contributed by atoms with E-state index in [2.05, 4.69) is 20.3 Å². The summed E-state index contributed by atoms with van der Waals surface area (Å²) in [5.74, 6) is -0.234. The van der Waals surface area contributed by atoms with Gasteiger partial charge in [-0.2, -0.15) is 0 Å². The molecule has 152 valence electrons. The molecule has 0 saturated carbocycles. The van der Waals surface area contributed by atoms with Crippen molar-refractivity contribution in [2.45, 2.75) is 20.8 Å². The molecule has 8 heteroatoms. The lowest BCUT2D eigenvalue weighted by atomic mass is 10.1. The van der Waals surface area contributed by atoms with Crippen LogP contribution in [-0.2, 0) is 4.74 Å². The van der Waals surface area contributed by atoms with Crippen molar-refractivity contribution < 1.29 is 19.1 Å². The molecule has 0 aliphatic carbocycles. The van der Waals surface area contributed by atoms with E-state index in [0.717, 1.165) is 17.0 Å². The smallest absolute Gasteiger partial charge is 0.347 e. The van der Waals surface area contributed by atoms with Gasteiger partial charge in [-0.3, -0.25) is 4.98 Å². The molecule has 3 aromatic rings. The summed E-state index contributed by atoms with van der Waals surface area (Å²) in [7, 11) is 0. The molecule has 0 amide bonds. The lowest BCUT2D eigenvalue weighted by Crippen LogP contribution is -2.07. The molecule has 8 nitrogen and oxygen atoms in total. The number of aromatic nitrogens is 2. The monoisotopic (exact) mass is 404 g/mol. The topological polar surface area (TPSA) is 110 Å². The molecule has 0 radical (unpaired) electrons. The van der Waals surface area contributed by atoms with Crippen LogP contribution in [0.5, 0.6) is 5.75 Å². The Hall–Kier alpha value is -3.94. The molecule has 0 fully saturated rings. The zero-order chi connectivity index (χ0) is 21.3. The Morgan fingerprint density at radius 3 is 2.90 bits per heavy atom. The molecule has 30 heavy (non-hydrogen) atoms. The summed E-state index contributed by atoms with van der Waals surface area (Å²) in [6.45, 7) is 5.58. The third kappa shape index (κ3) is 3.55. The minimum Gasteiger partial charge on any atom is -0.504 e. The van der Waals surface area contributed by atoms with Crippen molar-refractivity contribution in [3.63, 3.8) is 0 Å². The number of carbonyl (C=O) groups is 1. The number of anilines is 2. The Balaban J connectivity index is 1.78. The lowest BCUT2D eigenvalue weighted by Gasteiger charge is -2.08. The van der Waals surface area contributed by atoms with E-state index in [1.54, 1.807) is 31.5 Å². The fourth-order valence-electron chi connectivity index (χ4n) is 3.14. The number of fused-ring (bicyclic) bond motifs is 1. The maximum atomic E-state index is 12.5. The summed E-state index contributed by atoms with van der Waals surface area (Å²) < 4.78 is 10.9. The number of pyridine rings is 2. The molecule has 0 aromatic carbocycles. The van der Waals surface area contributed by atoms with E-state index in [0.29, 0.717) is 17.1 Å². The molecule has 2 N–H and O–H groups in total. The molecule has 4 heterocycles. The summed E-state index contributed by atoms with van der Waals surface area (Å²) in [5.41, 5.74) is 3.67. The molecule has 3 aromatic heterocycles. The Kier molecular flexibility index (Phi) is 5.05. The van der Waals surface area contributed by atoms with Crippen LogP contribution in [-0.4, -0.2) is 33.9 Å². The molecule has 0 bridgehead atoms. The summed E-state index contributed by atoms with van der Waals surface area (Å²) in [5, 5.41) is 13.8. The first-order chi connectivity index (χ1) is 14.5. The van der Waals surface area contributed by atoms with Crippen molar-refractivity contribution in [3.05, 3.63) is 58.7 Å². The van der Waals surface area contributed by atoms with Crippen molar-refractivity contribution in [1.29, 1.82) is 0 Å². The number of rotatable bonds is 5. The van der Waals surface area contributed by atoms with Crippen molar-refractivity contribution in [2.75, 3.05) is 11.9 Å². The van der Waals surface area contributed by atoms with Gasteiger partial charge in [0.15, 0.2) is 22.9 Å². The van der Waals surface area contributed by atoms with Crippen LogP contribution in [0.15, 0.2) is 39.9 Å². The predicted octanol–water partition coefficient (Wildman–Crippen LogP) is 4.57. The molecule has 0 atom stereocenters. The van der Waals surface area contributed by atoms with Gasteiger partial charge in [0, 0.05) is 29.2 Å². The number of aliphatic imine (C=N–C) groups is 1. The van der Waals surface area contributed by atoms with Gasteiger partial charge >= 0.3 is 5.97 Å². The van der Waals surface area contributed by atoms with Crippen molar-refractivity contribution in [3.8, 4) is 5.75 Å². The van der Waals surface area contributed by atoms with Gasteiger partial charge in [0.25, 0.3) is 0 Å². The maximum absolute atomic E-state index is 12.5. The first-order valence-electron chi connectivity index (χ1n) is 9.43. The van der Waals surface area contributed by atoms with Crippen LogP contribution >= 0.6 is 0 Å². The predicted molar refractivity (Wildman–Crippen MR) is 114 cm³/mol. The third-order valence-electron chi connectivity index (χ3n) is 4.57. The first kappa shape index (κ1) is 19.4. The molecule has 1 aliphatic rings. The largest absolute Gasteiger partial charge is 0.504 e. The number of nitrogens with zero attached hydrogens (tertiary/aromatic N) is 3. The van der Waals surface area contributed by atoms with E-state index >= 15 is 0 Å². The van der Waals surface area contributed by atoms with Crippen LogP contribution in [0.2, 0.25) is 0 Å². The van der Waals surface area contributed by atoms with Crippen LogP contribution in [0.1, 0.15) is 40.0 Å². The Morgan fingerprint density at radius 2 is 2.13 bits per heavy atom. The highest BCUT2D eigenvalue weighted by atomic mass is 16.5. The van der Waals surface area contributed by atoms with Crippen LogP contribution in [0.4, 0.5) is 17.4 Å². The minimum absolute atomic E-state index is 0.0768. The van der Waals surface area contributed by atoms with Crippen LogP contribution < -0.4 is 5.32 Å². The van der Waals surface area contributed by atoms with Gasteiger partial charge in [-0.1, -0.05) is 0 Å². The average Bonchev–Trinajstić information content (AvgIpc) is 3.26. The highest BCUT2D eigenvalue weighted by Crippen LogP contribution is 2.39. The van der Waals surface area contributed by atoms with Gasteiger partial charge < -0.3 is 19.6 Å². The van der Waals surface area contributed by atoms with Gasteiger partial charge in [0.05, 0.1) is 18.0 Å². The molecule has 4 rings (SSSR count). The molecule has 0 saturated heterocycles. The molecule has 0 unspecified atom stereocenters. The number of esters is 1. The van der Waals surface area contributed by atoms with Crippen molar-refractivity contribution in [1.82, 2.24) is 9.97 Å². The highest BCUT2D eigenvalue weighted by Gasteiger charge is 2.27. The van der Waals surface area contributed by atoms with Crippen LogP contribution in [0.25, 0.3) is 11.6 Å². The number of carbonyl (C=O) groups excluding carboxylic acids is 1. The zero-order valence-electron chi connectivity index (χ0n) is 16.8. The fourth-order valence-corrected chi connectivity index (χ4v) is 3.14. The number of ether oxygens (including phenoxy) is 1. The maximum Gasteiger partial charge on any atom is 0.347 e. The van der Waals surface area contributed by atoms with Gasteiger partial charge in [0.1, 0.15) is 0 Å². The third-order valence-corrected chi connectivity index (χ3v) is 4.57. The van der Waals surface area contributed by atoms with Gasteiger partial charge in [-0.25, -0.2) is 14.8 Å². The van der Waals surface area contributed by atoms with E-state index < -0.39 is 5.97 Å². The van der Waals surface area contributed by atoms with E-state index in [1.807, 2.05) is 32.0 Å². The highest BCUT2D eigenvalue weighted by molar-refractivity contribution is 6.21. The summed E-state index contributed by atoms with van der Waals surface area (Å²) >= 11 is 0. The number of furan rings is 1. The number of nitrogens with one attached hydrogen (secondary N) is 1. The van der Waals surface area contributed by atoms with E-state index in [1.165, 1.54) is 0 Å². The van der Waals surface area contributed by atoms with E-state index in [4.69, 9.17) is 9.15 Å². The summed E-state index contributed by atoms with van der Waals surface area (Å²) in [6.07, 6.45) is 4.90. The molecule has 0 spiro atoms. The second-order valence-corrected chi connectivity index (χ2v) is 6.68. The Labute approximate surface area is 173 Å². The van der Waals surface area contributed by atoms with Gasteiger partial charge in [-0.05, 0) is 51.1 Å². The van der Waals surface area contributed by atoms with E-state index in [-0.39, 0.29) is 29.6 Å². The number of hydrogen-bond donors (Lipinski definition) is 2. The quantitative estimate of drug-likeness (QED) is 0.599. The number of allylic oxidation sites excluding steroid dienone is 1. The first-order valence-corrected chi connectivity index (χ1v) is 9.43. The summed E-state index contributed by atoms with van der Waals surface area (Å²) in [6, 6.07) is 7.33. The second kappa shape index (κ2) is 7.82. The molecule has 1 aliphatic heterocycles. The average molecular weight is 404 g/mol. The van der Waals surface area contributed by atoms with Crippen molar-refractivity contribution in [2.24, 2.45) is 4.99 Å². The minimum atomic E-state index is -0.689. The summed E-state index contributed by atoms with van der Waals surface area (Å²) in [4.78, 5) is 25.3. The number of aryl methyl sites for hydroxylation is 2. The van der Waals surface area contributed by atoms with Crippen LogP contribution in [0.3, 0.4) is 0 Å². The van der Waals surface area contributed by atoms with Crippen molar-refractivity contribution >= 4 is 41.2 Å². The number of hydrogen-bond acceptors (Lipinski definition) is 8. The van der Waals surface area contributed by atoms with Gasteiger partial charge in [-0.15, -0.1) is 0 Å². The molecular weight excluding hydrogens is 384 g/mol. The van der Waals surface area contributed by atoms with Crippen LogP contribution in [0, 0.1) is 13.8 Å². The number of aromatic hydroxyl groups is 1.